The second kappa shape index (κ2) is 5.84. The zero-order chi connectivity index (χ0) is 23.0. The number of rotatable bonds is 0. The van der Waals surface area contributed by atoms with E-state index in [9.17, 15) is 0 Å². The van der Waals surface area contributed by atoms with Gasteiger partial charge < -0.3 is 9.05 Å². The van der Waals surface area contributed by atoms with Crippen LogP contribution in [0.15, 0.2) is 85.1 Å². The van der Waals surface area contributed by atoms with Crippen molar-refractivity contribution in [2.75, 3.05) is 0 Å². The lowest BCUT2D eigenvalue weighted by Gasteiger charge is -2.33. The van der Waals surface area contributed by atoms with Crippen molar-refractivity contribution in [3.05, 3.63) is 96.2 Å². The number of hydrogen-bond donors (Lipinski definition) is 0. The van der Waals surface area contributed by atoms with Gasteiger partial charge in [0.2, 0.25) is 0 Å². The molecule has 162 valence electrons. The van der Waals surface area contributed by atoms with Crippen molar-refractivity contribution in [3.8, 4) is 16.8 Å². The van der Waals surface area contributed by atoms with Crippen molar-refractivity contribution in [3.63, 3.8) is 0 Å². The van der Waals surface area contributed by atoms with Crippen LogP contribution >= 0.6 is 0 Å². The summed E-state index contributed by atoms with van der Waals surface area (Å²) < 4.78 is 5.09. The molecule has 0 saturated carbocycles. The summed E-state index contributed by atoms with van der Waals surface area (Å²) >= 11 is 0. The quantitative estimate of drug-likeness (QED) is 0.269. The van der Waals surface area contributed by atoms with Gasteiger partial charge in [-0.25, -0.2) is 0 Å². The Kier molecular flexibility index (Phi) is 3.02. The number of hydrogen-bond acceptors (Lipinski definition) is 1. The van der Waals surface area contributed by atoms with E-state index in [1.807, 2.05) is 6.20 Å². The summed E-state index contributed by atoms with van der Waals surface area (Å²) in [7, 11) is 0. The number of para-hydroxylation sites is 2. The number of pyridine rings is 1. The Morgan fingerprint density at radius 1 is 0.714 bits per heavy atom. The fraction of sp³-hybridized carbons (Fsp3) is 0.0645. The van der Waals surface area contributed by atoms with Crippen LogP contribution in [0.1, 0.15) is 11.1 Å². The molecule has 5 heterocycles. The number of fused-ring (bicyclic) bond motifs is 10. The first-order chi connectivity index (χ1) is 17.2. The molecular weight excluding hydrogens is 425 g/mol. The third-order valence-corrected chi connectivity index (χ3v) is 8.27. The summed E-state index contributed by atoms with van der Waals surface area (Å²) in [5.74, 6) is 0. The second-order valence-electron chi connectivity index (χ2n) is 10.1. The molecule has 0 spiro atoms. The lowest BCUT2D eigenvalue weighted by molar-refractivity contribution is 1.16. The summed E-state index contributed by atoms with van der Waals surface area (Å²) in [6, 6.07) is 29.3. The average Bonchev–Trinajstić information content (AvgIpc) is 3.39. The highest BCUT2D eigenvalue weighted by atomic mass is 15.0. The summed E-state index contributed by atoms with van der Waals surface area (Å²) in [6.45, 7) is 4.53. The molecule has 2 aliphatic rings. The van der Waals surface area contributed by atoms with E-state index in [2.05, 4.69) is 102 Å². The maximum absolute atomic E-state index is 4.95. The summed E-state index contributed by atoms with van der Waals surface area (Å²) in [6.07, 6.45) is 2.01. The fourth-order valence-electron chi connectivity index (χ4n) is 7.14. The molecular formula is C31H20BN3. The van der Waals surface area contributed by atoms with E-state index in [1.165, 1.54) is 77.1 Å². The molecule has 35 heavy (non-hydrogen) atoms. The highest BCUT2D eigenvalue weighted by Crippen LogP contribution is 2.42. The molecule has 7 aromatic rings. The standard InChI is InChI=1S/C31H20BN3/c1-17-15-18(2)29-23(16-17)28-31-24(13-14-33-28)32-27-20(8-6-12-26(27)34(29)31)22-10-5-9-21-19-7-3-4-11-25(19)35(32)30(21)22/h3-16H,1-2H3. The van der Waals surface area contributed by atoms with Gasteiger partial charge in [0.25, 0.3) is 0 Å². The minimum Gasteiger partial charge on any atom is -0.375 e. The van der Waals surface area contributed by atoms with Crippen molar-refractivity contribution >= 4 is 61.5 Å². The van der Waals surface area contributed by atoms with Crippen molar-refractivity contribution in [1.29, 1.82) is 0 Å². The highest BCUT2D eigenvalue weighted by Gasteiger charge is 2.41. The number of aromatic nitrogens is 3. The lowest BCUT2D eigenvalue weighted by atomic mass is 9.46. The molecule has 0 atom stereocenters. The fourth-order valence-corrected chi connectivity index (χ4v) is 7.14. The Morgan fingerprint density at radius 3 is 2.49 bits per heavy atom. The van der Waals surface area contributed by atoms with Gasteiger partial charge in [-0.2, -0.15) is 0 Å². The van der Waals surface area contributed by atoms with Crippen LogP contribution in [0, 0.1) is 13.8 Å². The van der Waals surface area contributed by atoms with Crippen LogP contribution in [-0.2, 0) is 0 Å². The molecule has 0 fully saturated rings. The smallest absolute Gasteiger partial charge is 0.333 e. The van der Waals surface area contributed by atoms with Crippen molar-refractivity contribution in [2.24, 2.45) is 0 Å². The van der Waals surface area contributed by atoms with Crippen LogP contribution < -0.4 is 10.9 Å². The summed E-state index contributed by atoms with van der Waals surface area (Å²) in [4.78, 5) is 4.95. The van der Waals surface area contributed by atoms with E-state index in [4.69, 9.17) is 4.98 Å². The van der Waals surface area contributed by atoms with E-state index in [0.717, 1.165) is 5.52 Å². The zero-order valence-electron chi connectivity index (χ0n) is 19.5. The number of nitrogens with zero attached hydrogens (tertiary/aromatic N) is 3. The maximum atomic E-state index is 4.95. The van der Waals surface area contributed by atoms with Gasteiger partial charge in [-0.15, -0.1) is 0 Å². The number of aryl methyl sites for hydroxylation is 2. The third-order valence-electron chi connectivity index (χ3n) is 8.27. The average molecular weight is 445 g/mol. The number of benzene rings is 4. The monoisotopic (exact) mass is 445 g/mol. The minimum absolute atomic E-state index is 0.113. The second-order valence-corrected chi connectivity index (χ2v) is 10.1. The molecule has 0 saturated heterocycles. The first kappa shape index (κ1) is 18.1. The van der Waals surface area contributed by atoms with Crippen LogP contribution in [-0.4, -0.2) is 20.9 Å². The van der Waals surface area contributed by atoms with Gasteiger partial charge in [0.15, 0.2) is 0 Å². The van der Waals surface area contributed by atoms with Crippen molar-refractivity contribution < 1.29 is 0 Å². The SMILES string of the molecule is Cc1cc(C)c2c(c1)c1nccc3c1n2-c1cccc2c1B3n1c3ccccc3c3cccc-2c31. The van der Waals surface area contributed by atoms with E-state index < -0.39 is 0 Å². The zero-order valence-corrected chi connectivity index (χ0v) is 19.5. The third kappa shape index (κ3) is 1.93. The first-order valence-electron chi connectivity index (χ1n) is 12.3. The van der Waals surface area contributed by atoms with Crippen LogP contribution in [0.2, 0.25) is 0 Å². The van der Waals surface area contributed by atoms with Gasteiger partial charge >= 0.3 is 6.85 Å². The van der Waals surface area contributed by atoms with Crippen molar-refractivity contribution in [2.45, 2.75) is 13.8 Å². The summed E-state index contributed by atoms with van der Waals surface area (Å²) in [5, 5.41) is 3.90. The van der Waals surface area contributed by atoms with Crippen LogP contribution in [0.4, 0.5) is 0 Å². The van der Waals surface area contributed by atoms with Gasteiger partial charge in [0.05, 0.1) is 16.6 Å². The van der Waals surface area contributed by atoms with E-state index >= 15 is 0 Å². The van der Waals surface area contributed by atoms with E-state index in [0.29, 0.717) is 0 Å². The molecule has 0 aliphatic carbocycles. The molecule has 3 nitrogen and oxygen atoms in total. The lowest BCUT2D eigenvalue weighted by Crippen LogP contribution is -2.55. The van der Waals surface area contributed by atoms with Gasteiger partial charge in [-0.3, -0.25) is 4.98 Å². The normalized spacial score (nSPS) is 13.4. The van der Waals surface area contributed by atoms with Gasteiger partial charge in [0, 0.05) is 44.6 Å². The Labute approximate surface area is 202 Å². The van der Waals surface area contributed by atoms with E-state index in [1.54, 1.807) is 0 Å². The first-order valence-corrected chi connectivity index (χ1v) is 12.3. The largest absolute Gasteiger partial charge is 0.375 e. The Balaban J connectivity index is 1.59. The van der Waals surface area contributed by atoms with Gasteiger partial charge in [-0.05, 0) is 60.2 Å². The van der Waals surface area contributed by atoms with Crippen LogP contribution in [0.5, 0.6) is 0 Å². The molecule has 4 aromatic carbocycles. The summed E-state index contributed by atoms with van der Waals surface area (Å²) in [5.41, 5.74) is 15.5. The van der Waals surface area contributed by atoms with Gasteiger partial charge in [-0.1, -0.05) is 60.2 Å². The Morgan fingerprint density at radius 2 is 1.54 bits per heavy atom. The molecule has 0 radical (unpaired) electrons. The highest BCUT2D eigenvalue weighted by molar-refractivity contribution is 6.90. The Hall–Kier alpha value is -4.31. The van der Waals surface area contributed by atoms with E-state index in [-0.39, 0.29) is 6.85 Å². The molecule has 0 unspecified atom stereocenters. The predicted molar refractivity (Wildman–Crippen MR) is 147 cm³/mol. The molecule has 0 bridgehead atoms. The molecule has 0 N–H and O–H groups in total. The molecule has 2 aliphatic heterocycles. The van der Waals surface area contributed by atoms with Crippen LogP contribution in [0.3, 0.4) is 0 Å². The topological polar surface area (TPSA) is 22.8 Å². The molecule has 4 heteroatoms. The minimum atomic E-state index is 0.113. The molecule has 0 amide bonds. The molecule has 9 rings (SSSR count). The van der Waals surface area contributed by atoms with Crippen molar-refractivity contribution in [1.82, 2.24) is 14.0 Å². The van der Waals surface area contributed by atoms with Gasteiger partial charge in [0.1, 0.15) is 0 Å². The maximum Gasteiger partial charge on any atom is 0.333 e. The molecule has 3 aromatic heterocycles. The van der Waals surface area contributed by atoms with Crippen LogP contribution in [0.25, 0.3) is 60.6 Å². The predicted octanol–water partition coefficient (Wildman–Crippen LogP) is 5.85. The Bertz CT molecular complexity index is 2090.